The first-order chi connectivity index (χ1) is 8.60. The van der Waals surface area contributed by atoms with Crippen LogP contribution in [0.15, 0.2) is 24.3 Å². The second-order valence-corrected chi connectivity index (χ2v) is 7.22. The molecule has 0 aliphatic heterocycles. The van der Waals surface area contributed by atoms with Crippen LogP contribution in [0.2, 0.25) is 5.02 Å². The van der Waals surface area contributed by atoms with E-state index in [-0.39, 0.29) is 23.2 Å². The zero-order chi connectivity index (χ0) is 14.7. The van der Waals surface area contributed by atoms with Crippen molar-refractivity contribution in [1.29, 1.82) is 0 Å². The van der Waals surface area contributed by atoms with Gasteiger partial charge in [0, 0.05) is 10.4 Å². The fourth-order valence-corrected chi connectivity index (χ4v) is 2.43. The predicted molar refractivity (Wildman–Crippen MR) is 79.8 cm³/mol. The maximum Gasteiger partial charge on any atom is 0.175 e. The van der Waals surface area contributed by atoms with Crippen LogP contribution < -0.4 is 4.74 Å². The molecule has 0 heterocycles. The Morgan fingerprint density at radius 2 is 1.63 bits per heavy atom. The average molecular weight is 283 g/mol. The Bertz CT molecular complexity index is 427. The summed E-state index contributed by atoms with van der Waals surface area (Å²) >= 11 is 5.80. The lowest BCUT2D eigenvalue weighted by atomic mass is 9.74. The Morgan fingerprint density at radius 3 is 2.11 bits per heavy atom. The van der Waals surface area contributed by atoms with Crippen LogP contribution in [0.1, 0.15) is 41.0 Å². The zero-order valence-electron chi connectivity index (χ0n) is 12.4. The molecule has 0 spiro atoms. The second kappa shape index (κ2) is 5.96. The molecule has 19 heavy (non-hydrogen) atoms. The fraction of sp³-hybridized carbons (Fsp3) is 0.562. The summed E-state index contributed by atoms with van der Waals surface area (Å²) in [6.45, 7) is 10.5. The molecule has 0 aliphatic carbocycles. The largest absolute Gasteiger partial charge is 0.486 e. The van der Waals surface area contributed by atoms with Crippen LogP contribution in [-0.2, 0) is 4.79 Å². The molecule has 1 rings (SSSR count). The maximum absolute atomic E-state index is 12.2. The van der Waals surface area contributed by atoms with Gasteiger partial charge in [0.05, 0.1) is 0 Å². The van der Waals surface area contributed by atoms with Crippen molar-refractivity contribution in [2.75, 3.05) is 6.61 Å². The third-order valence-corrected chi connectivity index (χ3v) is 3.16. The highest BCUT2D eigenvalue weighted by Crippen LogP contribution is 2.34. The summed E-state index contributed by atoms with van der Waals surface area (Å²) in [6.07, 6.45) is 0.836. The van der Waals surface area contributed by atoms with E-state index in [4.69, 9.17) is 16.3 Å². The second-order valence-electron chi connectivity index (χ2n) is 6.79. The molecule has 0 radical (unpaired) electrons. The molecular weight excluding hydrogens is 260 g/mol. The lowest BCUT2D eigenvalue weighted by Crippen LogP contribution is -2.33. The van der Waals surface area contributed by atoms with Gasteiger partial charge in [-0.3, -0.25) is 4.79 Å². The first-order valence-corrected chi connectivity index (χ1v) is 6.90. The average Bonchev–Trinajstić information content (AvgIpc) is 2.24. The van der Waals surface area contributed by atoms with E-state index in [9.17, 15) is 4.79 Å². The first kappa shape index (κ1) is 16.0. The van der Waals surface area contributed by atoms with Crippen LogP contribution in [0.4, 0.5) is 0 Å². The normalized spacial score (nSPS) is 12.3. The van der Waals surface area contributed by atoms with Crippen molar-refractivity contribution in [3.05, 3.63) is 29.3 Å². The van der Waals surface area contributed by atoms with Crippen LogP contribution >= 0.6 is 11.6 Å². The monoisotopic (exact) mass is 282 g/mol. The van der Waals surface area contributed by atoms with Crippen LogP contribution in [-0.4, -0.2) is 12.4 Å². The van der Waals surface area contributed by atoms with Gasteiger partial charge in [0.2, 0.25) is 0 Å². The van der Waals surface area contributed by atoms with E-state index in [0.717, 1.165) is 6.42 Å². The van der Waals surface area contributed by atoms with Gasteiger partial charge >= 0.3 is 0 Å². The number of rotatable bonds is 5. The zero-order valence-corrected chi connectivity index (χ0v) is 13.2. The standard InChI is InChI=1S/C16H23ClO2/c1-15(2,3)11-16(4,5)14(18)10-19-13-8-6-12(17)7-9-13/h6-9H,10-11H2,1-5H3. The SMILES string of the molecule is CC(C)(C)CC(C)(C)C(=O)COc1ccc(Cl)cc1. The molecule has 0 aromatic heterocycles. The van der Waals surface area contributed by atoms with Crippen LogP contribution in [0.5, 0.6) is 5.75 Å². The molecule has 0 amide bonds. The number of Topliss-reactive ketones (excluding diaryl/α,β-unsaturated/α-hetero) is 1. The Hall–Kier alpha value is -1.02. The minimum Gasteiger partial charge on any atom is -0.486 e. The molecule has 0 fully saturated rings. The molecule has 0 saturated carbocycles. The van der Waals surface area contributed by atoms with Gasteiger partial charge in [-0.25, -0.2) is 0 Å². The van der Waals surface area contributed by atoms with Gasteiger partial charge in [-0.2, -0.15) is 0 Å². The summed E-state index contributed by atoms with van der Waals surface area (Å²) in [5, 5.41) is 0.659. The number of ether oxygens (including phenoxy) is 1. The molecule has 0 saturated heterocycles. The van der Waals surface area contributed by atoms with Crippen LogP contribution in [0.3, 0.4) is 0 Å². The summed E-state index contributed by atoms with van der Waals surface area (Å²) in [7, 11) is 0. The fourth-order valence-electron chi connectivity index (χ4n) is 2.30. The predicted octanol–water partition coefficient (Wildman–Crippen LogP) is 4.75. The van der Waals surface area contributed by atoms with Crippen molar-refractivity contribution in [3.63, 3.8) is 0 Å². The molecule has 3 heteroatoms. The summed E-state index contributed by atoms with van der Waals surface area (Å²) < 4.78 is 5.52. The number of hydrogen-bond donors (Lipinski definition) is 0. The minimum atomic E-state index is -0.370. The molecule has 0 N–H and O–H groups in total. The van der Waals surface area contributed by atoms with E-state index in [1.54, 1.807) is 24.3 Å². The topological polar surface area (TPSA) is 26.3 Å². The van der Waals surface area contributed by atoms with Gasteiger partial charge in [0.15, 0.2) is 5.78 Å². The third-order valence-electron chi connectivity index (χ3n) is 2.91. The van der Waals surface area contributed by atoms with Gasteiger partial charge in [0.1, 0.15) is 12.4 Å². The summed E-state index contributed by atoms with van der Waals surface area (Å²) in [5.74, 6) is 0.793. The van der Waals surface area contributed by atoms with Crippen molar-refractivity contribution < 1.29 is 9.53 Å². The van der Waals surface area contributed by atoms with Crippen molar-refractivity contribution in [2.24, 2.45) is 10.8 Å². The number of benzene rings is 1. The molecule has 2 nitrogen and oxygen atoms in total. The van der Waals surface area contributed by atoms with E-state index in [1.807, 2.05) is 13.8 Å². The highest BCUT2D eigenvalue weighted by molar-refractivity contribution is 6.30. The van der Waals surface area contributed by atoms with E-state index in [2.05, 4.69) is 20.8 Å². The first-order valence-electron chi connectivity index (χ1n) is 6.52. The van der Waals surface area contributed by atoms with E-state index in [1.165, 1.54) is 0 Å². The maximum atomic E-state index is 12.2. The van der Waals surface area contributed by atoms with Crippen LogP contribution in [0.25, 0.3) is 0 Å². The quantitative estimate of drug-likeness (QED) is 0.779. The third kappa shape index (κ3) is 5.65. The van der Waals surface area contributed by atoms with Gasteiger partial charge in [-0.1, -0.05) is 46.2 Å². The Morgan fingerprint density at radius 1 is 1.11 bits per heavy atom. The molecule has 0 bridgehead atoms. The summed E-state index contributed by atoms with van der Waals surface area (Å²) in [6, 6.07) is 7.04. The molecule has 1 aromatic rings. The van der Waals surface area contributed by atoms with Gasteiger partial charge < -0.3 is 4.74 Å². The molecule has 0 atom stereocenters. The number of carbonyl (C=O) groups excluding carboxylic acids is 1. The molecule has 106 valence electrons. The lowest BCUT2D eigenvalue weighted by Gasteiger charge is -2.31. The molecule has 0 unspecified atom stereocenters. The highest BCUT2D eigenvalue weighted by atomic mass is 35.5. The molecular formula is C16H23ClO2. The van der Waals surface area contributed by atoms with Gasteiger partial charge in [-0.15, -0.1) is 0 Å². The number of hydrogen-bond acceptors (Lipinski definition) is 2. The number of carbonyl (C=O) groups is 1. The molecule has 1 aromatic carbocycles. The Kier molecular flexibility index (Phi) is 5.03. The highest BCUT2D eigenvalue weighted by Gasteiger charge is 2.32. The van der Waals surface area contributed by atoms with Gasteiger partial charge in [-0.05, 0) is 36.1 Å². The van der Waals surface area contributed by atoms with Crippen molar-refractivity contribution in [1.82, 2.24) is 0 Å². The summed E-state index contributed by atoms with van der Waals surface area (Å²) in [4.78, 5) is 12.2. The van der Waals surface area contributed by atoms with Crippen LogP contribution in [0, 0.1) is 10.8 Å². The smallest absolute Gasteiger partial charge is 0.175 e. The van der Waals surface area contributed by atoms with Crippen molar-refractivity contribution in [2.45, 2.75) is 41.0 Å². The van der Waals surface area contributed by atoms with Gasteiger partial charge in [0.25, 0.3) is 0 Å². The number of ketones is 1. The Balaban J connectivity index is 2.57. The van der Waals surface area contributed by atoms with E-state index < -0.39 is 0 Å². The van der Waals surface area contributed by atoms with E-state index >= 15 is 0 Å². The lowest BCUT2D eigenvalue weighted by molar-refractivity contribution is -0.130. The minimum absolute atomic E-state index is 0.102. The van der Waals surface area contributed by atoms with Crippen molar-refractivity contribution >= 4 is 17.4 Å². The molecule has 0 aliphatic rings. The van der Waals surface area contributed by atoms with E-state index in [0.29, 0.717) is 10.8 Å². The number of halogens is 1. The summed E-state index contributed by atoms with van der Waals surface area (Å²) in [5.41, 5.74) is -0.246. The Labute approximate surface area is 121 Å². The van der Waals surface area contributed by atoms with Crippen molar-refractivity contribution in [3.8, 4) is 5.75 Å².